The number of unbranched alkanes of at least 4 members (excludes halogenated alkanes) is 3. The van der Waals surface area contributed by atoms with E-state index in [0.717, 1.165) is 18.8 Å². The maximum absolute atomic E-state index is 5.83. The highest BCUT2D eigenvalue weighted by atomic mass is 32.2. The first-order valence-electron chi connectivity index (χ1n) is 7.68. The SMILES string of the molecule is CSCCCCCCNCc1ccccc1OC(C)C. The number of nitrogens with one attached hydrogen (secondary N) is 1. The maximum atomic E-state index is 5.83. The van der Waals surface area contributed by atoms with Gasteiger partial charge < -0.3 is 10.1 Å². The van der Waals surface area contributed by atoms with Gasteiger partial charge in [0, 0.05) is 12.1 Å². The van der Waals surface area contributed by atoms with Crippen molar-refractivity contribution >= 4 is 11.8 Å². The fraction of sp³-hybridized carbons (Fsp3) is 0.647. The van der Waals surface area contributed by atoms with E-state index in [9.17, 15) is 0 Å². The van der Waals surface area contributed by atoms with Gasteiger partial charge in [-0.3, -0.25) is 0 Å². The van der Waals surface area contributed by atoms with Gasteiger partial charge >= 0.3 is 0 Å². The monoisotopic (exact) mass is 295 g/mol. The molecule has 0 aliphatic rings. The largest absolute Gasteiger partial charge is 0.491 e. The highest BCUT2D eigenvalue weighted by Crippen LogP contribution is 2.19. The summed E-state index contributed by atoms with van der Waals surface area (Å²) in [5, 5.41) is 3.52. The van der Waals surface area contributed by atoms with Crippen LogP contribution in [0.15, 0.2) is 24.3 Å². The summed E-state index contributed by atoms with van der Waals surface area (Å²) in [4.78, 5) is 0. The van der Waals surface area contributed by atoms with E-state index < -0.39 is 0 Å². The van der Waals surface area contributed by atoms with Crippen LogP contribution in [0.2, 0.25) is 0 Å². The summed E-state index contributed by atoms with van der Waals surface area (Å²) in [6.07, 6.45) is 7.71. The van der Waals surface area contributed by atoms with Gasteiger partial charge in [-0.1, -0.05) is 31.0 Å². The van der Waals surface area contributed by atoms with Gasteiger partial charge in [0.05, 0.1) is 6.10 Å². The highest BCUT2D eigenvalue weighted by molar-refractivity contribution is 7.98. The molecule has 0 aliphatic heterocycles. The van der Waals surface area contributed by atoms with Crippen LogP contribution in [-0.2, 0) is 6.54 Å². The maximum Gasteiger partial charge on any atom is 0.124 e. The van der Waals surface area contributed by atoms with Crippen LogP contribution in [0.5, 0.6) is 5.75 Å². The van der Waals surface area contributed by atoms with Gasteiger partial charge in [-0.15, -0.1) is 0 Å². The van der Waals surface area contributed by atoms with E-state index in [2.05, 4.69) is 43.6 Å². The van der Waals surface area contributed by atoms with E-state index in [4.69, 9.17) is 4.74 Å². The van der Waals surface area contributed by atoms with Crippen LogP contribution < -0.4 is 10.1 Å². The molecule has 114 valence electrons. The zero-order chi connectivity index (χ0) is 14.6. The zero-order valence-corrected chi connectivity index (χ0v) is 14.0. The Balaban J connectivity index is 2.18. The third-order valence-electron chi connectivity index (χ3n) is 3.10. The minimum atomic E-state index is 0.229. The molecule has 0 amide bonds. The second-order valence-corrected chi connectivity index (χ2v) is 6.34. The molecule has 1 aromatic carbocycles. The third kappa shape index (κ3) is 7.81. The Morgan fingerprint density at radius 1 is 1.10 bits per heavy atom. The molecule has 0 bridgehead atoms. The molecule has 0 heterocycles. The summed E-state index contributed by atoms with van der Waals surface area (Å²) in [6, 6.07) is 8.31. The van der Waals surface area contributed by atoms with E-state index in [0.29, 0.717) is 0 Å². The Labute approximate surface area is 128 Å². The van der Waals surface area contributed by atoms with Gasteiger partial charge in [-0.25, -0.2) is 0 Å². The summed E-state index contributed by atoms with van der Waals surface area (Å²) < 4.78 is 5.83. The van der Waals surface area contributed by atoms with Gasteiger partial charge in [0.2, 0.25) is 0 Å². The standard InChI is InChI=1S/C17H29NOS/c1-15(2)19-17-11-7-6-10-16(17)14-18-12-8-4-5-9-13-20-3/h6-7,10-11,15,18H,4-5,8-9,12-14H2,1-3H3. The van der Waals surface area contributed by atoms with Crippen LogP contribution in [0.1, 0.15) is 45.1 Å². The molecular weight excluding hydrogens is 266 g/mol. The topological polar surface area (TPSA) is 21.3 Å². The molecule has 0 fully saturated rings. The summed E-state index contributed by atoms with van der Waals surface area (Å²) in [5.41, 5.74) is 1.25. The summed E-state index contributed by atoms with van der Waals surface area (Å²) in [6.45, 7) is 6.13. The molecule has 0 saturated heterocycles. The first kappa shape index (κ1) is 17.4. The molecule has 1 rings (SSSR count). The summed E-state index contributed by atoms with van der Waals surface area (Å²) in [7, 11) is 0. The van der Waals surface area contributed by atoms with Gasteiger partial charge in [-0.05, 0) is 51.3 Å². The fourth-order valence-electron chi connectivity index (χ4n) is 2.09. The van der Waals surface area contributed by atoms with Gasteiger partial charge in [0.15, 0.2) is 0 Å². The first-order chi connectivity index (χ1) is 9.74. The average Bonchev–Trinajstić information content (AvgIpc) is 2.43. The fourth-order valence-corrected chi connectivity index (χ4v) is 2.58. The predicted octanol–water partition coefficient (Wildman–Crippen LogP) is 4.49. The Bertz CT molecular complexity index is 355. The van der Waals surface area contributed by atoms with E-state index in [-0.39, 0.29) is 6.10 Å². The van der Waals surface area contributed by atoms with Crippen molar-refractivity contribution in [1.82, 2.24) is 5.32 Å². The van der Waals surface area contributed by atoms with Gasteiger partial charge in [0.1, 0.15) is 5.75 Å². The lowest BCUT2D eigenvalue weighted by atomic mass is 10.2. The van der Waals surface area contributed by atoms with Crippen molar-refractivity contribution in [3.63, 3.8) is 0 Å². The minimum Gasteiger partial charge on any atom is -0.491 e. The number of benzene rings is 1. The van der Waals surface area contributed by atoms with Crippen molar-refractivity contribution in [1.29, 1.82) is 0 Å². The molecule has 2 nitrogen and oxygen atoms in total. The molecule has 0 spiro atoms. The molecular formula is C17H29NOS. The molecule has 0 radical (unpaired) electrons. The number of rotatable bonds is 11. The third-order valence-corrected chi connectivity index (χ3v) is 3.80. The Morgan fingerprint density at radius 3 is 2.60 bits per heavy atom. The first-order valence-corrected chi connectivity index (χ1v) is 9.07. The van der Waals surface area contributed by atoms with Crippen LogP contribution in [0, 0.1) is 0 Å². The molecule has 0 atom stereocenters. The average molecular weight is 295 g/mol. The second-order valence-electron chi connectivity index (χ2n) is 5.36. The minimum absolute atomic E-state index is 0.229. The Hall–Kier alpha value is -0.670. The molecule has 0 aromatic heterocycles. The zero-order valence-electron chi connectivity index (χ0n) is 13.2. The van der Waals surface area contributed by atoms with Crippen LogP contribution in [0.3, 0.4) is 0 Å². The second kappa shape index (κ2) is 11.0. The van der Waals surface area contributed by atoms with E-state index in [1.54, 1.807) is 0 Å². The van der Waals surface area contributed by atoms with Crippen molar-refractivity contribution in [2.24, 2.45) is 0 Å². The van der Waals surface area contributed by atoms with Crippen LogP contribution >= 0.6 is 11.8 Å². The molecule has 0 unspecified atom stereocenters. The van der Waals surface area contributed by atoms with Gasteiger partial charge in [0.25, 0.3) is 0 Å². The number of thioether (sulfide) groups is 1. The lowest BCUT2D eigenvalue weighted by Crippen LogP contribution is -2.16. The predicted molar refractivity (Wildman–Crippen MR) is 90.8 cm³/mol. The number of para-hydroxylation sites is 1. The summed E-state index contributed by atoms with van der Waals surface area (Å²) >= 11 is 1.94. The van der Waals surface area contributed by atoms with E-state index in [1.165, 1.54) is 37.0 Å². The smallest absolute Gasteiger partial charge is 0.124 e. The van der Waals surface area contributed by atoms with Crippen LogP contribution in [0.25, 0.3) is 0 Å². The molecule has 0 saturated carbocycles. The van der Waals surface area contributed by atoms with Crippen LogP contribution in [-0.4, -0.2) is 24.7 Å². The van der Waals surface area contributed by atoms with Gasteiger partial charge in [-0.2, -0.15) is 11.8 Å². The molecule has 3 heteroatoms. The number of hydrogen-bond acceptors (Lipinski definition) is 3. The van der Waals surface area contributed by atoms with Crippen molar-refractivity contribution in [2.75, 3.05) is 18.6 Å². The molecule has 20 heavy (non-hydrogen) atoms. The Morgan fingerprint density at radius 2 is 1.85 bits per heavy atom. The normalized spacial score (nSPS) is 11.0. The van der Waals surface area contributed by atoms with Crippen LogP contribution in [0.4, 0.5) is 0 Å². The molecule has 1 aromatic rings. The van der Waals surface area contributed by atoms with Crippen molar-refractivity contribution in [2.45, 2.75) is 52.2 Å². The lowest BCUT2D eigenvalue weighted by Gasteiger charge is -2.14. The van der Waals surface area contributed by atoms with Crippen molar-refractivity contribution < 1.29 is 4.74 Å². The summed E-state index contributed by atoms with van der Waals surface area (Å²) in [5.74, 6) is 2.31. The quantitative estimate of drug-likeness (QED) is 0.608. The van der Waals surface area contributed by atoms with Crippen molar-refractivity contribution in [3.8, 4) is 5.75 Å². The van der Waals surface area contributed by atoms with E-state index in [1.807, 2.05) is 17.8 Å². The Kier molecular flexibility index (Phi) is 9.60. The number of hydrogen-bond donors (Lipinski definition) is 1. The molecule has 0 aliphatic carbocycles. The molecule has 1 N–H and O–H groups in total. The van der Waals surface area contributed by atoms with E-state index >= 15 is 0 Å². The number of ether oxygens (including phenoxy) is 1. The highest BCUT2D eigenvalue weighted by Gasteiger charge is 2.04. The lowest BCUT2D eigenvalue weighted by molar-refractivity contribution is 0.239. The van der Waals surface area contributed by atoms with Crippen molar-refractivity contribution in [3.05, 3.63) is 29.8 Å².